The minimum absolute atomic E-state index is 0.221. The first-order chi connectivity index (χ1) is 16.8. The maximum Gasteiger partial charge on any atom is 0.293 e. The summed E-state index contributed by atoms with van der Waals surface area (Å²) in [6.45, 7) is 4.61. The molecule has 0 aromatic heterocycles. The fourth-order valence-corrected chi connectivity index (χ4v) is 5.38. The van der Waals surface area contributed by atoms with E-state index < -0.39 is 20.9 Å². The van der Waals surface area contributed by atoms with Gasteiger partial charge in [0.25, 0.3) is 21.6 Å². The molecule has 188 valence electrons. The Morgan fingerprint density at radius 1 is 1.26 bits per heavy atom. The number of ether oxygens (including phenoxy) is 1. The number of carbonyl (C=O) groups excluding carboxylic acids is 1. The highest BCUT2D eigenvalue weighted by Crippen LogP contribution is 2.31. The number of carbonyl (C=O) groups is 1. The third kappa shape index (κ3) is 5.39. The van der Waals surface area contributed by atoms with Crippen LogP contribution in [0.2, 0.25) is 0 Å². The largest absolute Gasteiger partial charge is 0.381 e. The van der Waals surface area contributed by atoms with Gasteiger partial charge in [-0.2, -0.15) is 0 Å². The summed E-state index contributed by atoms with van der Waals surface area (Å²) in [6, 6.07) is 10.5. The van der Waals surface area contributed by atoms with E-state index in [2.05, 4.69) is 10.6 Å². The molecule has 0 radical (unpaired) electrons. The SMILES string of the molecule is CN(C(=O)c1ccccc1N1CCNCC1)S(=O)(=O)c1ccc(NCC2CCOC2)c([N+](=O)[O-])c1. The lowest BCUT2D eigenvalue weighted by molar-refractivity contribution is -0.384. The van der Waals surface area contributed by atoms with Gasteiger partial charge in [-0.1, -0.05) is 12.1 Å². The summed E-state index contributed by atoms with van der Waals surface area (Å²) in [5, 5.41) is 18.0. The maximum absolute atomic E-state index is 13.3. The van der Waals surface area contributed by atoms with Crippen LogP contribution in [0.5, 0.6) is 0 Å². The van der Waals surface area contributed by atoms with Gasteiger partial charge in [-0.3, -0.25) is 14.9 Å². The van der Waals surface area contributed by atoms with E-state index >= 15 is 0 Å². The molecule has 1 amide bonds. The third-order valence-corrected chi connectivity index (χ3v) is 8.04. The molecule has 2 fully saturated rings. The number of nitro groups is 1. The molecule has 2 aromatic rings. The predicted octanol–water partition coefficient (Wildman–Crippen LogP) is 1.91. The van der Waals surface area contributed by atoms with E-state index in [1.54, 1.807) is 24.3 Å². The van der Waals surface area contributed by atoms with Gasteiger partial charge in [0, 0.05) is 64.0 Å². The van der Waals surface area contributed by atoms with Gasteiger partial charge in [0.1, 0.15) is 5.69 Å². The van der Waals surface area contributed by atoms with Crippen LogP contribution in [0.15, 0.2) is 47.4 Å². The van der Waals surface area contributed by atoms with Crippen molar-refractivity contribution in [3.05, 3.63) is 58.1 Å². The summed E-state index contributed by atoms with van der Waals surface area (Å²) < 4.78 is 32.6. The Morgan fingerprint density at radius 3 is 2.69 bits per heavy atom. The van der Waals surface area contributed by atoms with E-state index in [0.29, 0.717) is 42.8 Å². The number of anilines is 2. The first kappa shape index (κ1) is 24.9. The van der Waals surface area contributed by atoms with E-state index in [9.17, 15) is 23.3 Å². The number of hydrogen-bond donors (Lipinski definition) is 2. The highest BCUT2D eigenvalue weighted by Gasteiger charge is 2.31. The van der Waals surface area contributed by atoms with E-state index in [-0.39, 0.29) is 27.8 Å². The molecule has 0 aliphatic carbocycles. The number of benzene rings is 2. The molecule has 2 aliphatic heterocycles. The number of rotatable bonds is 8. The van der Waals surface area contributed by atoms with E-state index in [0.717, 1.165) is 25.6 Å². The molecule has 2 aromatic carbocycles. The van der Waals surface area contributed by atoms with Gasteiger partial charge >= 0.3 is 0 Å². The van der Waals surface area contributed by atoms with E-state index in [1.807, 2.05) is 4.90 Å². The van der Waals surface area contributed by atoms with Crippen LogP contribution >= 0.6 is 0 Å². The highest BCUT2D eigenvalue weighted by molar-refractivity contribution is 7.89. The van der Waals surface area contributed by atoms with Crippen LogP contribution in [0, 0.1) is 16.0 Å². The second-order valence-electron chi connectivity index (χ2n) is 8.58. The Balaban J connectivity index is 1.58. The summed E-state index contributed by atoms with van der Waals surface area (Å²) in [7, 11) is -3.17. The van der Waals surface area contributed by atoms with Gasteiger partial charge in [-0.15, -0.1) is 0 Å². The van der Waals surface area contributed by atoms with Gasteiger partial charge < -0.3 is 20.3 Å². The molecule has 1 unspecified atom stereocenters. The Hall–Kier alpha value is -3.22. The molecule has 35 heavy (non-hydrogen) atoms. The second-order valence-corrected chi connectivity index (χ2v) is 10.5. The first-order valence-electron chi connectivity index (χ1n) is 11.5. The zero-order valence-electron chi connectivity index (χ0n) is 19.5. The number of nitrogens with zero attached hydrogens (tertiary/aromatic N) is 3. The molecule has 2 heterocycles. The molecule has 11 nitrogen and oxygen atoms in total. The van der Waals surface area contributed by atoms with Crippen LogP contribution < -0.4 is 15.5 Å². The lowest BCUT2D eigenvalue weighted by atomic mass is 10.1. The molecule has 0 spiro atoms. The summed E-state index contributed by atoms with van der Waals surface area (Å²) >= 11 is 0. The average molecular weight is 504 g/mol. The van der Waals surface area contributed by atoms with E-state index in [1.165, 1.54) is 19.2 Å². The van der Waals surface area contributed by atoms with Crippen LogP contribution in [-0.4, -0.2) is 76.5 Å². The van der Waals surface area contributed by atoms with Crippen molar-refractivity contribution in [2.75, 3.05) is 63.2 Å². The van der Waals surface area contributed by atoms with Crippen LogP contribution in [0.3, 0.4) is 0 Å². The monoisotopic (exact) mass is 503 g/mol. The van der Waals surface area contributed by atoms with Crippen LogP contribution in [-0.2, 0) is 14.8 Å². The number of hydrogen-bond acceptors (Lipinski definition) is 9. The van der Waals surface area contributed by atoms with E-state index in [4.69, 9.17) is 4.74 Å². The fourth-order valence-electron chi connectivity index (χ4n) is 4.24. The van der Waals surface area contributed by atoms with Gasteiger partial charge in [-0.05, 0) is 30.7 Å². The highest BCUT2D eigenvalue weighted by atomic mass is 32.2. The standard InChI is InChI=1S/C23H29N5O6S/c1-26(23(29)19-4-2-3-5-21(19)27-11-9-24-10-12-27)35(32,33)18-6-7-20(22(14-18)28(30)31)25-15-17-8-13-34-16-17/h2-7,14,17,24-25H,8-13,15-16H2,1H3. The average Bonchev–Trinajstić information content (AvgIpc) is 3.40. The minimum Gasteiger partial charge on any atom is -0.381 e. The van der Waals surface area contributed by atoms with Crippen LogP contribution in [0.25, 0.3) is 0 Å². The third-order valence-electron chi connectivity index (χ3n) is 6.31. The Morgan fingerprint density at radius 2 is 2.00 bits per heavy atom. The summed E-state index contributed by atoms with van der Waals surface area (Å²) in [5.74, 6) is -0.470. The zero-order chi connectivity index (χ0) is 25.0. The van der Waals surface area contributed by atoms with Crippen molar-refractivity contribution < 1.29 is 22.9 Å². The molecular formula is C23H29N5O6S. The molecule has 0 saturated carbocycles. The molecule has 4 rings (SSSR count). The number of nitro benzene ring substituents is 1. The summed E-state index contributed by atoms with van der Waals surface area (Å²) in [6.07, 6.45) is 0.857. The molecule has 2 N–H and O–H groups in total. The molecule has 2 aliphatic rings. The van der Waals surface area contributed by atoms with Crippen molar-refractivity contribution in [2.45, 2.75) is 11.3 Å². The van der Waals surface area contributed by atoms with Crippen molar-refractivity contribution in [3.8, 4) is 0 Å². The second kappa shape index (κ2) is 10.6. The molecule has 2 saturated heterocycles. The number of para-hydroxylation sites is 1. The Bertz CT molecular complexity index is 1190. The lowest BCUT2D eigenvalue weighted by Gasteiger charge is -2.31. The van der Waals surface area contributed by atoms with Crippen molar-refractivity contribution in [2.24, 2.45) is 5.92 Å². The smallest absolute Gasteiger partial charge is 0.293 e. The molecule has 0 bridgehead atoms. The zero-order valence-corrected chi connectivity index (χ0v) is 20.3. The maximum atomic E-state index is 13.3. The number of amides is 1. The van der Waals surface area contributed by atoms with Gasteiger partial charge in [0.05, 0.1) is 22.0 Å². The molecule has 12 heteroatoms. The van der Waals surface area contributed by atoms with Crippen molar-refractivity contribution >= 4 is 33.0 Å². The summed E-state index contributed by atoms with van der Waals surface area (Å²) in [4.78, 5) is 26.1. The summed E-state index contributed by atoms with van der Waals surface area (Å²) in [5.41, 5.74) is 0.764. The normalized spacial score (nSPS) is 18.3. The van der Waals surface area contributed by atoms with Crippen LogP contribution in [0.4, 0.5) is 17.1 Å². The van der Waals surface area contributed by atoms with Gasteiger partial charge in [0.2, 0.25) is 0 Å². The fraction of sp³-hybridized carbons (Fsp3) is 0.435. The van der Waals surface area contributed by atoms with Crippen molar-refractivity contribution in [3.63, 3.8) is 0 Å². The van der Waals surface area contributed by atoms with Crippen LogP contribution in [0.1, 0.15) is 16.8 Å². The first-order valence-corrected chi connectivity index (χ1v) is 12.9. The molecular weight excluding hydrogens is 474 g/mol. The Kier molecular flexibility index (Phi) is 7.53. The number of piperazine rings is 1. The molecule has 1 atom stereocenters. The predicted molar refractivity (Wildman–Crippen MR) is 131 cm³/mol. The number of sulfonamides is 1. The van der Waals surface area contributed by atoms with Gasteiger partial charge in [0.15, 0.2) is 0 Å². The van der Waals surface area contributed by atoms with Crippen molar-refractivity contribution in [1.29, 1.82) is 0 Å². The van der Waals surface area contributed by atoms with Crippen molar-refractivity contribution in [1.82, 2.24) is 9.62 Å². The topological polar surface area (TPSA) is 134 Å². The number of nitrogens with one attached hydrogen (secondary N) is 2. The lowest BCUT2D eigenvalue weighted by Crippen LogP contribution is -2.44. The Labute approximate surface area is 204 Å². The minimum atomic E-state index is -4.34. The van der Waals surface area contributed by atoms with Gasteiger partial charge in [-0.25, -0.2) is 12.7 Å². The quantitative estimate of drug-likeness (QED) is 0.409.